The lowest BCUT2D eigenvalue weighted by Crippen LogP contribution is -2.41. The highest BCUT2D eigenvalue weighted by Gasteiger charge is 2.31. The molecule has 0 rings (SSSR count). The van der Waals surface area contributed by atoms with Crippen molar-refractivity contribution in [1.82, 2.24) is 0 Å². The summed E-state index contributed by atoms with van der Waals surface area (Å²) in [5, 5.41) is 28.9. The van der Waals surface area contributed by atoms with Crippen molar-refractivity contribution >= 4 is 0 Å². The van der Waals surface area contributed by atoms with E-state index in [1.54, 1.807) is 0 Å². The summed E-state index contributed by atoms with van der Waals surface area (Å²) in [6.45, 7) is 27.6. The summed E-state index contributed by atoms with van der Waals surface area (Å²) in [5.41, 5.74) is 3.43. The second kappa shape index (κ2) is 19.4. The van der Waals surface area contributed by atoms with Crippen LogP contribution in [-0.4, -0.2) is 116 Å². The second-order valence-electron chi connectivity index (χ2n) is 16.3. The maximum atomic E-state index is 10.1. The van der Waals surface area contributed by atoms with Gasteiger partial charge in [-0.3, -0.25) is 0 Å². The Labute approximate surface area is 269 Å². The van der Waals surface area contributed by atoms with Gasteiger partial charge < -0.3 is 49.5 Å². The van der Waals surface area contributed by atoms with Crippen LogP contribution in [0.3, 0.4) is 0 Å². The summed E-state index contributed by atoms with van der Waals surface area (Å²) >= 11 is 0. The number of nitrogens with two attached hydrogens (primary N) is 1. The average Bonchev–Trinajstić information content (AvgIpc) is 2.88. The summed E-state index contributed by atoms with van der Waals surface area (Å²) in [6.07, 6.45) is 1.81. The lowest BCUT2D eigenvalue weighted by molar-refractivity contribution is -0.147. The van der Waals surface area contributed by atoms with Crippen LogP contribution in [0.4, 0.5) is 0 Å². The minimum atomic E-state index is -0.515. The Morgan fingerprint density at radius 1 is 0.523 bits per heavy atom. The molecule has 0 fully saturated rings. The van der Waals surface area contributed by atoms with E-state index in [-0.39, 0.29) is 48.9 Å². The maximum Gasteiger partial charge on any atom is 0.0934 e. The van der Waals surface area contributed by atoms with Gasteiger partial charge in [0.25, 0.3) is 0 Å². The molecule has 0 aliphatic heterocycles. The van der Waals surface area contributed by atoms with E-state index in [4.69, 9.17) is 34.2 Å². The summed E-state index contributed by atoms with van der Waals surface area (Å²) in [6, 6.07) is 0. The second-order valence-corrected chi connectivity index (χ2v) is 16.3. The molecule has 0 radical (unpaired) electrons. The van der Waals surface area contributed by atoms with Crippen molar-refractivity contribution in [3.05, 3.63) is 0 Å². The van der Waals surface area contributed by atoms with Gasteiger partial charge in [0, 0.05) is 30.4 Å². The number of aliphatic hydroxyl groups is 3. The Balaban J connectivity index is 4.55. The quantitative estimate of drug-likeness (QED) is 0.0952. The normalized spacial score (nSPS) is 15.5. The summed E-state index contributed by atoms with van der Waals surface area (Å²) < 4.78 is 36.4. The van der Waals surface area contributed by atoms with E-state index in [1.807, 2.05) is 55.4 Å². The standard InChI is InChI=1S/C34H71NO9/c1-29(2,23-38)24-40-26-30(3,4)25-39-16-13-31(5,6)41-17-14-32(7,8)43-27(21-36)19-34(11,12)42-18-15-33(9,10)44-28(20-35)22-37/h27-28,36-38H,13-26,35H2,1-12H3/t27-,28+/m1/s1. The predicted octanol–water partition coefficient (Wildman–Crippen LogP) is 4.49. The molecular formula is C34H71NO9. The molecule has 5 N–H and O–H groups in total. The van der Waals surface area contributed by atoms with Crippen LogP contribution in [0.25, 0.3) is 0 Å². The molecule has 0 saturated carbocycles. The van der Waals surface area contributed by atoms with Crippen molar-refractivity contribution in [1.29, 1.82) is 0 Å². The molecule has 44 heavy (non-hydrogen) atoms. The molecular weight excluding hydrogens is 566 g/mol. The zero-order valence-corrected chi connectivity index (χ0v) is 30.4. The van der Waals surface area contributed by atoms with Crippen molar-refractivity contribution in [2.24, 2.45) is 16.6 Å². The van der Waals surface area contributed by atoms with Gasteiger partial charge in [-0.05, 0) is 74.7 Å². The zero-order chi connectivity index (χ0) is 34.3. The molecule has 2 atom stereocenters. The van der Waals surface area contributed by atoms with Crippen molar-refractivity contribution in [3.63, 3.8) is 0 Å². The van der Waals surface area contributed by atoms with Crippen molar-refractivity contribution in [3.8, 4) is 0 Å². The van der Waals surface area contributed by atoms with Gasteiger partial charge in [-0.1, -0.05) is 27.7 Å². The van der Waals surface area contributed by atoms with Gasteiger partial charge in [-0.25, -0.2) is 0 Å². The highest BCUT2D eigenvalue weighted by atomic mass is 16.5. The monoisotopic (exact) mass is 638 g/mol. The molecule has 0 aromatic heterocycles. The van der Waals surface area contributed by atoms with Crippen molar-refractivity contribution < 1.29 is 43.7 Å². The first-order chi connectivity index (χ1) is 20.0. The fourth-order valence-electron chi connectivity index (χ4n) is 4.51. The van der Waals surface area contributed by atoms with Crippen LogP contribution < -0.4 is 5.73 Å². The van der Waals surface area contributed by atoms with Crippen molar-refractivity contribution in [2.75, 3.05) is 66.0 Å². The number of aliphatic hydroxyl groups excluding tert-OH is 3. The van der Waals surface area contributed by atoms with E-state index in [0.717, 1.165) is 6.42 Å². The Bertz CT molecular complexity index is 749. The summed E-state index contributed by atoms with van der Waals surface area (Å²) in [5.74, 6) is 0. The third-order valence-electron chi connectivity index (χ3n) is 7.51. The van der Waals surface area contributed by atoms with Gasteiger partial charge in [0.05, 0.1) is 87.5 Å². The molecule has 10 nitrogen and oxygen atoms in total. The van der Waals surface area contributed by atoms with Crippen LogP contribution in [0.1, 0.15) is 109 Å². The molecule has 0 unspecified atom stereocenters. The van der Waals surface area contributed by atoms with Gasteiger partial charge in [0.15, 0.2) is 0 Å². The van der Waals surface area contributed by atoms with E-state index in [1.165, 1.54) is 0 Å². The smallest absolute Gasteiger partial charge is 0.0934 e. The zero-order valence-electron chi connectivity index (χ0n) is 30.4. The first-order valence-corrected chi connectivity index (χ1v) is 16.3. The van der Waals surface area contributed by atoms with E-state index < -0.39 is 22.9 Å². The lowest BCUT2D eigenvalue weighted by Gasteiger charge is -2.36. The van der Waals surface area contributed by atoms with Crippen LogP contribution in [0.2, 0.25) is 0 Å². The minimum Gasteiger partial charge on any atom is -0.396 e. The molecule has 266 valence electrons. The fraction of sp³-hybridized carbons (Fsp3) is 1.00. The third-order valence-corrected chi connectivity index (χ3v) is 7.51. The Morgan fingerprint density at radius 2 is 0.955 bits per heavy atom. The van der Waals surface area contributed by atoms with Gasteiger partial charge in [-0.15, -0.1) is 0 Å². The molecule has 0 saturated heterocycles. The van der Waals surface area contributed by atoms with Gasteiger partial charge in [0.1, 0.15) is 0 Å². The van der Waals surface area contributed by atoms with E-state index in [9.17, 15) is 15.3 Å². The molecule has 10 heteroatoms. The topological polar surface area (TPSA) is 142 Å². The molecule has 0 spiro atoms. The number of ether oxygens (including phenoxy) is 6. The predicted molar refractivity (Wildman–Crippen MR) is 176 cm³/mol. The van der Waals surface area contributed by atoms with Gasteiger partial charge in [-0.2, -0.15) is 0 Å². The fourth-order valence-corrected chi connectivity index (χ4v) is 4.51. The molecule has 0 aromatic carbocycles. The Hall–Kier alpha value is -0.400. The third kappa shape index (κ3) is 21.4. The highest BCUT2D eigenvalue weighted by Crippen LogP contribution is 2.27. The first kappa shape index (κ1) is 43.6. The molecule has 0 aromatic rings. The van der Waals surface area contributed by atoms with Gasteiger partial charge in [0.2, 0.25) is 0 Å². The largest absolute Gasteiger partial charge is 0.396 e. The molecule has 0 bridgehead atoms. The van der Waals surface area contributed by atoms with Crippen LogP contribution >= 0.6 is 0 Å². The molecule has 0 heterocycles. The van der Waals surface area contributed by atoms with E-state index in [2.05, 4.69) is 27.7 Å². The first-order valence-electron chi connectivity index (χ1n) is 16.3. The van der Waals surface area contributed by atoms with Gasteiger partial charge >= 0.3 is 0 Å². The summed E-state index contributed by atoms with van der Waals surface area (Å²) in [4.78, 5) is 0. The van der Waals surface area contributed by atoms with Crippen LogP contribution in [-0.2, 0) is 28.4 Å². The number of rotatable bonds is 27. The minimum absolute atomic E-state index is 0.0945. The van der Waals surface area contributed by atoms with Crippen LogP contribution in [0.15, 0.2) is 0 Å². The lowest BCUT2D eigenvalue weighted by atomic mass is 9.94. The van der Waals surface area contributed by atoms with E-state index in [0.29, 0.717) is 58.9 Å². The maximum absolute atomic E-state index is 10.1. The molecule has 0 amide bonds. The Morgan fingerprint density at radius 3 is 1.43 bits per heavy atom. The summed E-state index contributed by atoms with van der Waals surface area (Å²) in [7, 11) is 0. The Kier molecular flexibility index (Phi) is 19.3. The molecule has 0 aliphatic carbocycles. The van der Waals surface area contributed by atoms with E-state index >= 15 is 0 Å². The molecule has 0 aliphatic rings. The SMILES string of the molecule is CC(C)(CO)COCC(C)(C)COCCC(C)(C)OCCC(C)(C)O[C@@H](CO)CC(C)(C)OCCC(C)(C)O[C@@H](CN)CO. The number of hydrogen-bond acceptors (Lipinski definition) is 10. The average molecular weight is 638 g/mol. The van der Waals surface area contributed by atoms with Crippen LogP contribution in [0.5, 0.6) is 0 Å². The highest BCUT2D eigenvalue weighted by molar-refractivity contribution is 4.80. The van der Waals surface area contributed by atoms with Crippen molar-refractivity contribution in [2.45, 2.75) is 143 Å². The van der Waals surface area contributed by atoms with Crippen LogP contribution in [0, 0.1) is 10.8 Å². The number of hydrogen-bond donors (Lipinski definition) is 4.